The summed E-state index contributed by atoms with van der Waals surface area (Å²) in [5, 5.41) is 8.29. The van der Waals surface area contributed by atoms with Gasteiger partial charge in [-0.25, -0.2) is 14.4 Å². The van der Waals surface area contributed by atoms with Gasteiger partial charge in [0.15, 0.2) is 5.13 Å². The van der Waals surface area contributed by atoms with E-state index in [1.165, 1.54) is 23.5 Å². The molecule has 4 aromatic rings. The lowest BCUT2D eigenvalue weighted by atomic mass is 10.2. The Kier molecular flexibility index (Phi) is 6.03. The van der Waals surface area contributed by atoms with Gasteiger partial charge in [-0.1, -0.05) is 12.1 Å². The number of nitrogens with one attached hydrogen (secondary N) is 1. The Morgan fingerprint density at radius 1 is 1.07 bits per heavy atom. The molecule has 2 aromatic heterocycles. The van der Waals surface area contributed by atoms with Gasteiger partial charge in [0.25, 0.3) is 5.91 Å². The molecular formula is C21H16FN3OS3. The number of anilines is 1. The molecule has 0 aliphatic heterocycles. The van der Waals surface area contributed by atoms with E-state index in [2.05, 4.69) is 15.3 Å². The fraction of sp³-hybridized carbons (Fsp3) is 0.0952. The van der Waals surface area contributed by atoms with Crippen molar-refractivity contribution in [3.8, 4) is 11.3 Å². The molecule has 0 saturated carbocycles. The molecule has 146 valence electrons. The summed E-state index contributed by atoms with van der Waals surface area (Å²) in [7, 11) is 0. The summed E-state index contributed by atoms with van der Waals surface area (Å²) in [6.07, 6.45) is 0. The Morgan fingerprint density at radius 2 is 1.86 bits per heavy atom. The fourth-order valence-corrected chi connectivity index (χ4v) is 5.03. The highest BCUT2D eigenvalue weighted by atomic mass is 32.2. The summed E-state index contributed by atoms with van der Waals surface area (Å²) < 4.78 is 13.1. The van der Waals surface area contributed by atoms with E-state index in [4.69, 9.17) is 0 Å². The van der Waals surface area contributed by atoms with E-state index in [9.17, 15) is 9.18 Å². The van der Waals surface area contributed by atoms with Crippen molar-refractivity contribution in [1.29, 1.82) is 0 Å². The molecule has 4 nitrogen and oxygen atoms in total. The number of aryl methyl sites for hydroxylation is 1. The van der Waals surface area contributed by atoms with E-state index in [-0.39, 0.29) is 11.7 Å². The summed E-state index contributed by atoms with van der Waals surface area (Å²) in [6, 6.07) is 13.6. The van der Waals surface area contributed by atoms with Crippen molar-refractivity contribution in [2.45, 2.75) is 17.6 Å². The van der Waals surface area contributed by atoms with Crippen LogP contribution in [-0.2, 0) is 5.75 Å². The highest BCUT2D eigenvalue weighted by Crippen LogP contribution is 2.29. The molecule has 0 atom stereocenters. The summed E-state index contributed by atoms with van der Waals surface area (Å²) in [5.74, 6) is 0.211. The SMILES string of the molecule is Cc1nc(CSc2ccccc2C(=O)Nc2nc(-c3ccc(F)cc3)cs2)cs1. The number of rotatable bonds is 6. The minimum Gasteiger partial charge on any atom is -0.298 e. The average Bonchev–Trinajstić information content (AvgIpc) is 3.36. The van der Waals surface area contributed by atoms with Gasteiger partial charge in [-0.15, -0.1) is 34.4 Å². The Balaban J connectivity index is 1.47. The van der Waals surface area contributed by atoms with Crippen molar-refractivity contribution >= 4 is 45.5 Å². The maximum atomic E-state index is 13.1. The van der Waals surface area contributed by atoms with E-state index < -0.39 is 0 Å². The number of carbonyl (C=O) groups is 1. The molecule has 0 bridgehead atoms. The van der Waals surface area contributed by atoms with Gasteiger partial charge in [-0.3, -0.25) is 10.1 Å². The molecular weight excluding hydrogens is 425 g/mol. The lowest BCUT2D eigenvalue weighted by Crippen LogP contribution is -2.12. The zero-order valence-corrected chi connectivity index (χ0v) is 17.8. The number of thiazole rings is 2. The Hall–Kier alpha value is -2.55. The summed E-state index contributed by atoms with van der Waals surface area (Å²) >= 11 is 4.55. The van der Waals surface area contributed by atoms with Gasteiger partial charge < -0.3 is 0 Å². The van der Waals surface area contributed by atoms with E-state index in [0.29, 0.717) is 22.1 Å². The standard InChI is InChI=1S/C21H16FN3OS3/c1-13-23-16(10-27-13)11-28-19-5-3-2-4-17(19)20(26)25-21-24-18(12-29-21)14-6-8-15(22)9-7-14/h2-10,12H,11H2,1H3,(H,24,25,26). The lowest BCUT2D eigenvalue weighted by molar-refractivity contribution is 0.102. The van der Waals surface area contributed by atoms with Crippen LogP contribution in [0.4, 0.5) is 9.52 Å². The number of thioether (sulfide) groups is 1. The van der Waals surface area contributed by atoms with Crippen molar-refractivity contribution in [2.75, 3.05) is 5.32 Å². The molecule has 0 radical (unpaired) electrons. The van der Waals surface area contributed by atoms with E-state index in [1.54, 1.807) is 41.3 Å². The monoisotopic (exact) mass is 441 g/mol. The van der Waals surface area contributed by atoms with Crippen LogP contribution in [-0.4, -0.2) is 15.9 Å². The minimum atomic E-state index is -0.292. The van der Waals surface area contributed by atoms with Crippen molar-refractivity contribution in [3.63, 3.8) is 0 Å². The maximum absolute atomic E-state index is 13.1. The fourth-order valence-electron chi connectivity index (χ4n) is 2.66. The molecule has 2 heterocycles. The molecule has 0 unspecified atom stereocenters. The van der Waals surface area contributed by atoms with E-state index in [1.807, 2.05) is 35.9 Å². The molecule has 8 heteroatoms. The van der Waals surface area contributed by atoms with Crippen LogP contribution in [0.3, 0.4) is 0 Å². The molecule has 1 N–H and O–H groups in total. The Morgan fingerprint density at radius 3 is 2.62 bits per heavy atom. The van der Waals surface area contributed by atoms with Gasteiger partial charge in [0.2, 0.25) is 0 Å². The normalized spacial score (nSPS) is 10.8. The molecule has 0 aliphatic rings. The molecule has 2 aromatic carbocycles. The van der Waals surface area contributed by atoms with Crippen LogP contribution in [0.1, 0.15) is 21.1 Å². The van der Waals surface area contributed by atoms with E-state index in [0.717, 1.165) is 21.2 Å². The topological polar surface area (TPSA) is 54.9 Å². The van der Waals surface area contributed by atoms with Crippen molar-refractivity contribution in [3.05, 3.63) is 81.4 Å². The molecule has 0 spiro atoms. The van der Waals surface area contributed by atoms with Crippen LogP contribution in [0, 0.1) is 12.7 Å². The van der Waals surface area contributed by atoms with Gasteiger partial charge >= 0.3 is 0 Å². The molecule has 0 fully saturated rings. The smallest absolute Gasteiger partial charge is 0.258 e. The zero-order valence-electron chi connectivity index (χ0n) is 15.4. The Bertz CT molecular complexity index is 1140. The number of carbonyl (C=O) groups excluding carboxylic acids is 1. The lowest BCUT2D eigenvalue weighted by Gasteiger charge is -2.08. The number of hydrogen-bond acceptors (Lipinski definition) is 6. The predicted molar refractivity (Wildman–Crippen MR) is 118 cm³/mol. The van der Waals surface area contributed by atoms with E-state index >= 15 is 0 Å². The third kappa shape index (κ3) is 4.90. The van der Waals surface area contributed by atoms with Crippen LogP contribution < -0.4 is 5.32 Å². The second kappa shape index (κ2) is 8.86. The van der Waals surface area contributed by atoms with Crippen LogP contribution in [0.25, 0.3) is 11.3 Å². The summed E-state index contributed by atoms with van der Waals surface area (Å²) in [6.45, 7) is 1.98. The van der Waals surface area contributed by atoms with Crippen molar-refractivity contribution in [2.24, 2.45) is 0 Å². The quantitative estimate of drug-likeness (QED) is 0.359. The first-order valence-corrected chi connectivity index (χ1v) is 11.5. The molecule has 0 saturated heterocycles. The maximum Gasteiger partial charge on any atom is 0.258 e. The van der Waals surface area contributed by atoms with Crippen LogP contribution in [0.5, 0.6) is 0 Å². The van der Waals surface area contributed by atoms with Gasteiger partial charge in [0.1, 0.15) is 5.82 Å². The number of amides is 1. The summed E-state index contributed by atoms with van der Waals surface area (Å²) in [4.78, 5) is 22.6. The number of aromatic nitrogens is 2. The van der Waals surface area contributed by atoms with Crippen molar-refractivity contribution < 1.29 is 9.18 Å². The van der Waals surface area contributed by atoms with Crippen LogP contribution in [0.15, 0.2) is 64.2 Å². The van der Waals surface area contributed by atoms with Crippen LogP contribution >= 0.6 is 34.4 Å². The predicted octanol–water partition coefficient (Wildman–Crippen LogP) is 6.26. The third-order valence-corrected chi connectivity index (χ3v) is 6.73. The summed E-state index contributed by atoms with van der Waals surface area (Å²) in [5.41, 5.74) is 3.11. The van der Waals surface area contributed by atoms with Gasteiger partial charge in [-0.05, 0) is 43.3 Å². The molecule has 0 aliphatic carbocycles. The van der Waals surface area contributed by atoms with Crippen molar-refractivity contribution in [1.82, 2.24) is 9.97 Å². The average molecular weight is 442 g/mol. The molecule has 29 heavy (non-hydrogen) atoms. The third-order valence-electron chi connectivity index (χ3n) is 4.04. The number of halogens is 1. The molecule has 4 rings (SSSR count). The second-order valence-corrected chi connectivity index (χ2v) is 9.08. The highest BCUT2D eigenvalue weighted by molar-refractivity contribution is 7.98. The molecule has 1 amide bonds. The first-order chi connectivity index (χ1) is 14.1. The van der Waals surface area contributed by atoms with Gasteiger partial charge in [0.05, 0.1) is 22.0 Å². The second-order valence-electron chi connectivity index (χ2n) is 6.14. The number of nitrogens with zero attached hydrogens (tertiary/aromatic N) is 2. The number of benzene rings is 2. The minimum absolute atomic E-state index is 0.206. The number of hydrogen-bond donors (Lipinski definition) is 1. The largest absolute Gasteiger partial charge is 0.298 e. The first kappa shape index (κ1) is 19.8. The Labute approximate surface area is 179 Å². The van der Waals surface area contributed by atoms with Crippen LogP contribution in [0.2, 0.25) is 0 Å². The highest BCUT2D eigenvalue weighted by Gasteiger charge is 2.14. The zero-order chi connectivity index (χ0) is 20.2. The van der Waals surface area contributed by atoms with Gasteiger partial charge in [0, 0.05) is 27.0 Å². The van der Waals surface area contributed by atoms with Gasteiger partial charge in [-0.2, -0.15) is 0 Å². The first-order valence-electron chi connectivity index (χ1n) is 8.74.